The molecule has 2 rings (SSSR count). The van der Waals surface area contributed by atoms with E-state index in [-0.39, 0.29) is 19.6 Å². The summed E-state index contributed by atoms with van der Waals surface area (Å²) < 4.78 is 35.6. The number of esters is 2. The molecule has 2 aromatic carbocycles. The van der Waals surface area contributed by atoms with Crippen molar-refractivity contribution in [1.29, 1.82) is 0 Å². The summed E-state index contributed by atoms with van der Waals surface area (Å²) in [4.78, 5) is 23.5. The second kappa shape index (κ2) is 9.42. The van der Waals surface area contributed by atoms with Gasteiger partial charge in [-0.2, -0.15) is 0 Å². The molecule has 0 aliphatic rings. The summed E-state index contributed by atoms with van der Waals surface area (Å²) in [5, 5.41) is 20.8. The number of benzene rings is 2. The number of rotatable bonds is 8. The van der Waals surface area contributed by atoms with Gasteiger partial charge in [0.2, 0.25) is 0 Å². The van der Waals surface area contributed by atoms with E-state index in [0.29, 0.717) is 0 Å². The average Bonchev–Trinajstić information content (AvgIpc) is 2.68. The van der Waals surface area contributed by atoms with Gasteiger partial charge >= 0.3 is 11.9 Å². The van der Waals surface area contributed by atoms with Crippen LogP contribution in [0.15, 0.2) is 41.3 Å². The molecule has 2 aromatic rings. The highest BCUT2D eigenvalue weighted by molar-refractivity contribution is 7.91. The maximum atomic E-state index is 13.0. The van der Waals surface area contributed by atoms with Crippen molar-refractivity contribution in [2.45, 2.75) is 25.2 Å². The molecule has 8 nitrogen and oxygen atoms in total. The lowest BCUT2D eigenvalue weighted by molar-refractivity contribution is 0.0500. The Balaban J connectivity index is 2.61. The summed E-state index contributed by atoms with van der Waals surface area (Å²) in [5.41, 5.74) is -0.555. The van der Waals surface area contributed by atoms with E-state index < -0.39 is 55.1 Å². The van der Waals surface area contributed by atoms with E-state index in [1.54, 1.807) is 30.3 Å². The van der Waals surface area contributed by atoms with E-state index in [2.05, 4.69) is 0 Å². The number of hydrogen-bond acceptors (Lipinski definition) is 8. The molecule has 156 valence electrons. The molecule has 0 atom stereocenters. The number of phenolic OH excluding ortho intramolecular Hbond substituents is 2. The molecule has 0 aromatic heterocycles. The molecule has 0 aliphatic heterocycles. The number of aromatic hydroxyl groups is 2. The standard InChI is InChI=1S/C20H22O8S/c1-3-27-19(23)14-12-15(21)16(20(24)28-4-2)18(17(14)22)29(25,26)11-10-13-8-6-5-7-9-13/h5-9,12,21-22H,3-4,10-11H2,1-2H3. The quantitative estimate of drug-likeness (QED) is 0.491. The Bertz CT molecular complexity index is 997. The van der Waals surface area contributed by atoms with Crippen molar-refractivity contribution in [3.63, 3.8) is 0 Å². The van der Waals surface area contributed by atoms with Crippen molar-refractivity contribution < 1.29 is 37.7 Å². The fraction of sp³-hybridized carbons (Fsp3) is 0.300. The minimum atomic E-state index is -4.30. The molecule has 29 heavy (non-hydrogen) atoms. The van der Waals surface area contributed by atoms with Gasteiger partial charge in [0.05, 0.1) is 19.0 Å². The predicted octanol–water partition coefficient (Wildman–Crippen LogP) is 2.47. The van der Waals surface area contributed by atoms with E-state index in [1.807, 2.05) is 0 Å². The molecule has 9 heteroatoms. The maximum absolute atomic E-state index is 13.0. The Morgan fingerprint density at radius 3 is 2.14 bits per heavy atom. The Morgan fingerprint density at radius 1 is 0.966 bits per heavy atom. The first-order valence-corrected chi connectivity index (χ1v) is 10.6. The van der Waals surface area contributed by atoms with Crippen LogP contribution >= 0.6 is 0 Å². The van der Waals surface area contributed by atoms with Crippen molar-refractivity contribution in [3.8, 4) is 11.5 Å². The van der Waals surface area contributed by atoms with Crippen LogP contribution in [-0.4, -0.2) is 49.5 Å². The van der Waals surface area contributed by atoms with Gasteiger partial charge in [0, 0.05) is 0 Å². The molecule has 0 fully saturated rings. The van der Waals surface area contributed by atoms with E-state index in [0.717, 1.165) is 11.6 Å². The molecular formula is C20H22O8S. The van der Waals surface area contributed by atoms with Crippen LogP contribution in [-0.2, 0) is 25.7 Å². The third-order valence-corrected chi connectivity index (χ3v) is 5.78. The van der Waals surface area contributed by atoms with Crippen molar-refractivity contribution in [2.75, 3.05) is 19.0 Å². The molecule has 0 bridgehead atoms. The van der Waals surface area contributed by atoms with Crippen LogP contribution in [0.1, 0.15) is 40.1 Å². The first-order chi connectivity index (χ1) is 13.7. The summed E-state index contributed by atoms with van der Waals surface area (Å²) in [6.07, 6.45) is 0.0925. The minimum absolute atomic E-state index is 0.0330. The first-order valence-electron chi connectivity index (χ1n) is 8.92. The van der Waals surface area contributed by atoms with Crippen LogP contribution in [0.25, 0.3) is 0 Å². The largest absolute Gasteiger partial charge is 0.507 e. The Morgan fingerprint density at radius 2 is 1.55 bits per heavy atom. The van der Waals surface area contributed by atoms with Gasteiger partial charge in [-0.3, -0.25) is 0 Å². The summed E-state index contributed by atoms with van der Waals surface area (Å²) in [6.45, 7) is 2.92. The summed E-state index contributed by atoms with van der Waals surface area (Å²) in [6, 6.07) is 9.52. The molecular weight excluding hydrogens is 400 g/mol. The van der Waals surface area contributed by atoms with Gasteiger partial charge in [-0.25, -0.2) is 18.0 Å². The molecule has 0 saturated heterocycles. The number of sulfone groups is 1. The molecule has 2 N–H and O–H groups in total. The Kier molecular flexibility index (Phi) is 7.22. The van der Waals surface area contributed by atoms with Gasteiger partial charge in [-0.05, 0) is 31.9 Å². The van der Waals surface area contributed by atoms with Gasteiger partial charge < -0.3 is 19.7 Å². The molecule has 0 unspecified atom stereocenters. The van der Waals surface area contributed by atoms with Crippen molar-refractivity contribution >= 4 is 21.8 Å². The van der Waals surface area contributed by atoms with Crippen molar-refractivity contribution in [2.24, 2.45) is 0 Å². The van der Waals surface area contributed by atoms with Crippen LogP contribution in [0, 0.1) is 0 Å². The van der Waals surface area contributed by atoms with E-state index in [4.69, 9.17) is 9.47 Å². The fourth-order valence-corrected chi connectivity index (χ4v) is 4.31. The molecule has 0 radical (unpaired) electrons. The number of carbonyl (C=O) groups excluding carboxylic acids is 2. The summed E-state index contributed by atoms with van der Waals surface area (Å²) >= 11 is 0. The van der Waals surface area contributed by atoms with Crippen molar-refractivity contribution in [1.82, 2.24) is 0 Å². The highest BCUT2D eigenvalue weighted by Crippen LogP contribution is 2.38. The molecule has 0 heterocycles. The monoisotopic (exact) mass is 422 g/mol. The van der Waals surface area contributed by atoms with Gasteiger partial charge in [0.1, 0.15) is 27.5 Å². The van der Waals surface area contributed by atoms with Gasteiger partial charge in [0.25, 0.3) is 0 Å². The second-order valence-electron chi connectivity index (χ2n) is 5.99. The van der Waals surface area contributed by atoms with E-state index in [9.17, 15) is 28.2 Å². The topological polar surface area (TPSA) is 127 Å². The van der Waals surface area contributed by atoms with Crippen LogP contribution in [0.3, 0.4) is 0 Å². The SMILES string of the molecule is CCOC(=O)c1cc(O)c(C(=O)OCC)c(S(=O)(=O)CCc2ccccc2)c1O. The van der Waals surface area contributed by atoms with Gasteiger partial charge in [-0.15, -0.1) is 0 Å². The molecule has 0 aliphatic carbocycles. The lowest BCUT2D eigenvalue weighted by Gasteiger charge is -2.16. The number of hydrogen-bond donors (Lipinski definition) is 2. The van der Waals surface area contributed by atoms with Crippen LogP contribution in [0.5, 0.6) is 11.5 Å². The fourth-order valence-electron chi connectivity index (χ4n) is 2.70. The summed E-state index contributed by atoms with van der Waals surface area (Å²) in [5.74, 6) is -4.40. The molecule has 0 spiro atoms. The minimum Gasteiger partial charge on any atom is -0.507 e. The number of ether oxygens (including phenoxy) is 2. The highest BCUT2D eigenvalue weighted by atomic mass is 32.2. The molecule has 0 saturated carbocycles. The third kappa shape index (κ3) is 5.05. The number of phenols is 2. The Labute approximate surface area is 168 Å². The lowest BCUT2D eigenvalue weighted by Crippen LogP contribution is -2.18. The zero-order valence-corrected chi connectivity index (χ0v) is 16.9. The van der Waals surface area contributed by atoms with Crippen molar-refractivity contribution in [3.05, 3.63) is 53.1 Å². The van der Waals surface area contributed by atoms with Crippen LogP contribution in [0.2, 0.25) is 0 Å². The van der Waals surface area contributed by atoms with Crippen LogP contribution in [0.4, 0.5) is 0 Å². The summed E-state index contributed by atoms with van der Waals surface area (Å²) in [7, 11) is -4.30. The van der Waals surface area contributed by atoms with Gasteiger partial charge in [0.15, 0.2) is 9.84 Å². The third-order valence-electron chi connectivity index (χ3n) is 4.02. The molecule has 0 amide bonds. The average molecular weight is 422 g/mol. The first kappa shape index (κ1) is 22.2. The predicted molar refractivity (Wildman–Crippen MR) is 104 cm³/mol. The number of aryl methyl sites for hydroxylation is 1. The smallest absolute Gasteiger partial charge is 0.343 e. The highest BCUT2D eigenvalue weighted by Gasteiger charge is 2.34. The van der Waals surface area contributed by atoms with E-state index in [1.165, 1.54) is 13.8 Å². The van der Waals surface area contributed by atoms with E-state index >= 15 is 0 Å². The zero-order valence-electron chi connectivity index (χ0n) is 16.0. The Hall–Kier alpha value is -3.07. The number of carbonyl (C=O) groups is 2. The van der Waals surface area contributed by atoms with Crippen LogP contribution < -0.4 is 0 Å². The normalized spacial score (nSPS) is 11.1. The van der Waals surface area contributed by atoms with Gasteiger partial charge in [-0.1, -0.05) is 30.3 Å². The maximum Gasteiger partial charge on any atom is 0.343 e. The lowest BCUT2D eigenvalue weighted by atomic mass is 10.1. The zero-order chi connectivity index (χ0) is 21.6. The second-order valence-corrected chi connectivity index (χ2v) is 8.04.